The van der Waals surface area contributed by atoms with Crippen LogP contribution in [0.5, 0.6) is 0 Å². The molecule has 1 aliphatic heterocycles. The number of piperazine rings is 1. The van der Waals surface area contributed by atoms with E-state index in [0.717, 1.165) is 48.5 Å². The van der Waals surface area contributed by atoms with Crippen molar-refractivity contribution in [2.24, 2.45) is 0 Å². The van der Waals surface area contributed by atoms with Crippen molar-refractivity contribution < 1.29 is 0 Å². The molecule has 1 aliphatic rings. The van der Waals surface area contributed by atoms with Crippen molar-refractivity contribution in [1.82, 2.24) is 19.7 Å². The van der Waals surface area contributed by atoms with Gasteiger partial charge < -0.3 is 9.80 Å². The van der Waals surface area contributed by atoms with Gasteiger partial charge in [-0.3, -0.25) is 4.98 Å². The minimum atomic E-state index is 0.994. The number of hydrogen-bond acceptors (Lipinski definition) is 4. The molecule has 152 valence electrons. The van der Waals surface area contributed by atoms with Crippen LogP contribution >= 0.6 is 0 Å². The molecule has 0 aliphatic carbocycles. The van der Waals surface area contributed by atoms with Gasteiger partial charge in [-0.2, -0.15) is 5.10 Å². The first-order valence-electron chi connectivity index (χ1n) is 10.5. The minimum Gasteiger partial charge on any atom is -0.369 e. The summed E-state index contributed by atoms with van der Waals surface area (Å²) in [6, 6.07) is 17.3. The molecule has 0 spiro atoms. The van der Waals surface area contributed by atoms with E-state index in [1.54, 1.807) is 0 Å². The highest BCUT2D eigenvalue weighted by Crippen LogP contribution is 2.29. The number of benzene rings is 2. The van der Waals surface area contributed by atoms with Gasteiger partial charge >= 0.3 is 0 Å². The smallest absolute Gasteiger partial charge is 0.0778 e. The summed E-state index contributed by atoms with van der Waals surface area (Å²) in [5.41, 5.74) is 8.11. The van der Waals surface area contributed by atoms with Crippen LogP contribution in [0, 0.1) is 13.8 Å². The molecule has 3 heterocycles. The van der Waals surface area contributed by atoms with Gasteiger partial charge in [0, 0.05) is 49.0 Å². The van der Waals surface area contributed by atoms with Crippen molar-refractivity contribution in [3.8, 4) is 16.9 Å². The van der Waals surface area contributed by atoms with Crippen molar-refractivity contribution in [3.63, 3.8) is 0 Å². The quantitative estimate of drug-likeness (QED) is 0.512. The SMILES string of the molecule is Cc1cccc(C)c1-c1cc2c(cn1)cnn2-c1ccc(N2CCN(C)CC2)cc1. The van der Waals surface area contributed by atoms with E-state index in [2.05, 4.69) is 84.3 Å². The minimum absolute atomic E-state index is 0.994. The third kappa shape index (κ3) is 3.35. The van der Waals surface area contributed by atoms with Crippen LogP contribution in [0.25, 0.3) is 27.8 Å². The zero-order valence-electron chi connectivity index (χ0n) is 17.8. The molecular formula is C25H27N5. The second-order valence-corrected chi connectivity index (χ2v) is 8.26. The van der Waals surface area contributed by atoms with Gasteiger partial charge in [0.2, 0.25) is 0 Å². The molecule has 0 N–H and O–H groups in total. The molecule has 5 rings (SSSR count). The average Bonchev–Trinajstić information content (AvgIpc) is 3.18. The fourth-order valence-corrected chi connectivity index (χ4v) is 4.35. The molecule has 5 heteroatoms. The van der Waals surface area contributed by atoms with E-state index in [9.17, 15) is 0 Å². The van der Waals surface area contributed by atoms with Crippen LogP contribution in [-0.4, -0.2) is 52.9 Å². The molecule has 2 aromatic carbocycles. The lowest BCUT2D eigenvalue weighted by Gasteiger charge is -2.34. The maximum absolute atomic E-state index is 4.72. The highest BCUT2D eigenvalue weighted by atomic mass is 15.3. The molecule has 1 fully saturated rings. The predicted octanol–water partition coefficient (Wildman–Crippen LogP) is 4.46. The Morgan fingerprint density at radius 2 is 1.47 bits per heavy atom. The molecule has 0 bridgehead atoms. The zero-order chi connectivity index (χ0) is 20.7. The van der Waals surface area contributed by atoms with Gasteiger partial charge in [0.25, 0.3) is 0 Å². The van der Waals surface area contributed by atoms with Crippen molar-refractivity contribution in [3.05, 3.63) is 72.1 Å². The number of hydrogen-bond donors (Lipinski definition) is 0. The van der Waals surface area contributed by atoms with Crippen LogP contribution in [-0.2, 0) is 0 Å². The van der Waals surface area contributed by atoms with E-state index in [1.165, 1.54) is 22.4 Å². The topological polar surface area (TPSA) is 37.2 Å². The molecule has 4 aromatic rings. The summed E-state index contributed by atoms with van der Waals surface area (Å²) in [4.78, 5) is 9.55. The zero-order valence-corrected chi connectivity index (χ0v) is 17.8. The number of pyridine rings is 1. The van der Waals surface area contributed by atoms with Gasteiger partial charge in [-0.1, -0.05) is 18.2 Å². The van der Waals surface area contributed by atoms with E-state index >= 15 is 0 Å². The van der Waals surface area contributed by atoms with Crippen LogP contribution in [0.1, 0.15) is 11.1 Å². The Labute approximate surface area is 177 Å². The van der Waals surface area contributed by atoms with Crippen molar-refractivity contribution in [2.45, 2.75) is 13.8 Å². The number of fused-ring (bicyclic) bond motifs is 1. The lowest BCUT2D eigenvalue weighted by Crippen LogP contribution is -2.44. The summed E-state index contributed by atoms with van der Waals surface area (Å²) in [7, 11) is 2.19. The lowest BCUT2D eigenvalue weighted by molar-refractivity contribution is 0.313. The van der Waals surface area contributed by atoms with E-state index < -0.39 is 0 Å². The molecule has 1 saturated heterocycles. The Kier molecular flexibility index (Phi) is 4.75. The Bertz CT molecular complexity index is 1160. The van der Waals surface area contributed by atoms with Crippen molar-refractivity contribution in [2.75, 3.05) is 38.1 Å². The van der Waals surface area contributed by atoms with Gasteiger partial charge in [0.1, 0.15) is 0 Å². The van der Waals surface area contributed by atoms with Crippen LogP contribution in [0.3, 0.4) is 0 Å². The van der Waals surface area contributed by atoms with Crippen LogP contribution < -0.4 is 4.90 Å². The van der Waals surface area contributed by atoms with Gasteiger partial charge in [-0.25, -0.2) is 4.68 Å². The standard InChI is InChI=1S/C25H27N5/c1-18-5-4-6-19(2)25(18)23-15-24-20(16-26-23)17-27-30(24)22-9-7-21(8-10-22)29-13-11-28(3)12-14-29/h4-10,15-17H,11-14H2,1-3H3. The normalized spacial score (nSPS) is 15.1. The van der Waals surface area contributed by atoms with Crippen molar-refractivity contribution in [1.29, 1.82) is 0 Å². The molecule has 5 nitrogen and oxygen atoms in total. The first-order valence-corrected chi connectivity index (χ1v) is 10.5. The third-order valence-corrected chi connectivity index (χ3v) is 6.15. The maximum Gasteiger partial charge on any atom is 0.0778 e. The Balaban J connectivity index is 1.50. The highest BCUT2D eigenvalue weighted by Gasteiger charge is 2.15. The first-order chi connectivity index (χ1) is 14.6. The summed E-state index contributed by atoms with van der Waals surface area (Å²) >= 11 is 0. The molecule has 0 unspecified atom stereocenters. The second-order valence-electron chi connectivity index (χ2n) is 8.26. The Morgan fingerprint density at radius 3 is 2.17 bits per heavy atom. The first kappa shape index (κ1) is 18.8. The largest absolute Gasteiger partial charge is 0.369 e. The lowest BCUT2D eigenvalue weighted by atomic mass is 9.99. The Hall–Kier alpha value is -3.18. The molecule has 0 amide bonds. The van der Waals surface area contributed by atoms with Crippen LogP contribution in [0.2, 0.25) is 0 Å². The second kappa shape index (κ2) is 7.58. The molecule has 2 aromatic heterocycles. The van der Waals surface area contributed by atoms with E-state index in [0.29, 0.717) is 0 Å². The van der Waals surface area contributed by atoms with E-state index in [-0.39, 0.29) is 0 Å². The number of aryl methyl sites for hydroxylation is 2. The molecule has 0 radical (unpaired) electrons. The van der Waals surface area contributed by atoms with E-state index in [1.807, 2.05) is 17.1 Å². The van der Waals surface area contributed by atoms with Gasteiger partial charge in [0.15, 0.2) is 0 Å². The summed E-state index contributed by atoms with van der Waals surface area (Å²) in [5.74, 6) is 0. The van der Waals surface area contributed by atoms with Gasteiger partial charge in [-0.05, 0) is 62.4 Å². The number of likely N-dealkylation sites (N-methyl/N-ethyl adjacent to an activating group) is 1. The summed E-state index contributed by atoms with van der Waals surface area (Å²) < 4.78 is 2.02. The van der Waals surface area contributed by atoms with Gasteiger partial charge in [-0.15, -0.1) is 0 Å². The Morgan fingerprint density at radius 1 is 0.800 bits per heavy atom. The molecule has 30 heavy (non-hydrogen) atoms. The van der Waals surface area contributed by atoms with E-state index in [4.69, 9.17) is 4.98 Å². The van der Waals surface area contributed by atoms with Crippen molar-refractivity contribution >= 4 is 16.6 Å². The number of aromatic nitrogens is 3. The fraction of sp³-hybridized carbons (Fsp3) is 0.280. The number of anilines is 1. The maximum atomic E-state index is 4.72. The summed E-state index contributed by atoms with van der Waals surface area (Å²) in [6.45, 7) is 8.65. The third-order valence-electron chi connectivity index (χ3n) is 6.15. The van der Waals surface area contributed by atoms with Gasteiger partial charge in [0.05, 0.1) is 23.1 Å². The highest BCUT2D eigenvalue weighted by molar-refractivity contribution is 5.84. The number of nitrogens with zero attached hydrogens (tertiary/aromatic N) is 5. The predicted molar refractivity (Wildman–Crippen MR) is 123 cm³/mol. The molecule has 0 atom stereocenters. The average molecular weight is 398 g/mol. The monoisotopic (exact) mass is 397 g/mol. The summed E-state index contributed by atoms with van der Waals surface area (Å²) in [6.07, 6.45) is 3.82. The summed E-state index contributed by atoms with van der Waals surface area (Å²) in [5, 5.41) is 5.70. The fourth-order valence-electron chi connectivity index (χ4n) is 4.35. The number of rotatable bonds is 3. The van der Waals surface area contributed by atoms with Crippen LogP contribution in [0.15, 0.2) is 60.9 Å². The molecular weight excluding hydrogens is 370 g/mol. The molecule has 0 saturated carbocycles. The van der Waals surface area contributed by atoms with Crippen LogP contribution in [0.4, 0.5) is 5.69 Å².